The van der Waals surface area contributed by atoms with Gasteiger partial charge in [-0.2, -0.15) is 0 Å². The van der Waals surface area contributed by atoms with E-state index in [-0.39, 0.29) is 5.91 Å². The average molecular weight is 247 g/mol. The summed E-state index contributed by atoms with van der Waals surface area (Å²) in [5.41, 5.74) is 4.04. The Kier molecular flexibility index (Phi) is 4.20. The van der Waals surface area contributed by atoms with Crippen molar-refractivity contribution >= 4 is 11.6 Å². The molecule has 1 aliphatic carbocycles. The van der Waals surface area contributed by atoms with Crippen LogP contribution in [0.25, 0.3) is 0 Å². The predicted octanol–water partition coefficient (Wildman–Crippen LogP) is 2.28. The van der Waals surface area contributed by atoms with E-state index in [2.05, 4.69) is 17.7 Å². The molecule has 1 amide bonds. The molecule has 1 aromatic rings. The molecule has 2 rings (SSSR count). The molecule has 2 unspecified atom stereocenters. The highest BCUT2D eigenvalue weighted by molar-refractivity contribution is 5.94. The third-order valence-electron chi connectivity index (χ3n) is 3.74. The molecule has 0 saturated heterocycles. The zero-order chi connectivity index (χ0) is 13.0. The lowest BCUT2D eigenvalue weighted by Crippen LogP contribution is -2.41. The molecule has 1 aromatic carbocycles. The first-order valence-corrected chi connectivity index (χ1v) is 6.58. The number of anilines is 1. The van der Waals surface area contributed by atoms with Crippen LogP contribution in [0.1, 0.15) is 43.0 Å². The second-order valence-electron chi connectivity index (χ2n) is 5.06. The molecule has 0 aliphatic heterocycles. The van der Waals surface area contributed by atoms with Crippen molar-refractivity contribution in [1.82, 2.24) is 5.32 Å². The van der Waals surface area contributed by atoms with E-state index < -0.39 is 0 Å². The highest BCUT2D eigenvalue weighted by Crippen LogP contribution is 2.24. The number of nitrogens with one attached hydrogen (secondary N) is 2. The van der Waals surface area contributed by atoms with Gasteiger partial charge in [-0.15, -0.1) is 0 Å². The molecular formula is C14H21N3O. The summed E-state index contributed by atoms with van der Waals surface area (Å²) < 4.78 is 0. The van der Waals surface area contributed by atoms with Gasteiger partial charge in [-0.3, -0.25) is 10.6 Å². The quantitative estimate of drug-likeness (QED) is 0.567. The molecule has 4 heteroatoms. The third-order valence-corrected chi connectivity index (χ3v) is 3.74. The lowest BCUT2D eigenvalue weighted by molar-refractivity contribution is 0.0910. The number of carbonyl (C=O) groups excluding carboxylic acids is 1. The van der Waals surface area contributed by atoms with Gasteiger partial charge in [0.25, 0.3) is 5.91 Å². The maximum Gasteiger partial charge on any atom is 0.251 e. The standard InChI is InChI=1S/C14H21N3O/c1-10-4-2-3-5-13(10)16-14(18)11-6-8-12(17-15)9-7-11/h6-10,13,17H,2-5,15H2,1H3,(H,16,18). The van der Waals surface area contributed by atoms with Crippen molar-refractivity contribution in [2.75, 3.05) is 5.43 Å². The summed E-state index contributed by atoms with van der Waals surface area (Å²) in [7, 11) is 0. The normalized spacial score (nSPS) is 23.4. The van der Waals surface area contributed by atoms with Crippen molar-refractivity contribution < 1.29 is 4.79 Å². The van der Waals surface area contributed by atoms with Crippen LogP contribution in [-0.2, 0) is 0 Å². The second kappa shape index (κ2) is 5.87. The lowest BCUT2D eigenvalue weighted by Gasteiger charge is -2.29. The predicted molar refractivity (Wildman–Crippen MR) is 73.1 cm³/mol. The zero-order valence-corrected chi connectivity index (χ0v) is 10.8. The molecule has 4 nitrogen and oxygen atoms in total. The molecule has 0 aromatic heterocycles. The largest absolute Gasteiger partial charge is 0.349 e. The monoisotopic (exact) mass is 247 g/mol. The first kappa shape index (κ1) is 12.9. The van der Waals surface area contributed by atoms with Gasteiger partial charge in [0.2, 0.25) is 0 Å². The Morgan fingerprint density at radius 2 is 1.89 bits per heavy atom. The number of carbonyl (C=O) groups is 1. The highest BCUT2D eigenvalue weighted by Gasteiger charge is 2.23. The summed E-state index contributed by atoms with van der Waals surface area (Å²) in [6, 6.07) is 7.51. The second-order valence-corrected chi connectivity index (χ2v) is 5.06. The Morgan fingerprint density at radius 1 is 1.22 bits per heavy atom. The topological polar surface area (TPSA) is 67.2 Å². The number of hydrogen-bond acceptors (Lipinski definition) is 3. The number of amides is 1. The molecule has 4 N–H and O–H groups in total. The number of nitrogens with two attached hydrogens (primary N) is 1. The van der Waals surface area contributed by atoms with E-state index in [9.17, 15) is 4.79 Å². The third kappa shape index (κ3) is 3.01. The molecule has 2 atom stereocenters. The van der Waals surface area contributed by atoms with Crippen molar-refractivity contribution in [3.63, 3.8) is 0 Å². The van der Waals surface area contributed by atoms with Gasteiger partial charge < -0.3 is 10.7 Å². The van der Waals surface area contributed by atoms with Crippen LogP contribution in [-0.4, -0.2) is 11.9 Å². The van der Waals surface area contributed by atoms with Crippen LogP contribution in [0.3, 0.4) is 0 Å². The lowest BCUT2D eigenvalue weighted by atomic mass is 9.86. The molecule has 0 radical (unpaired) electrons. The number of hydrogen-bond donors (Lipinski definition) is 3. The molecular weight excluding hydrogens is 226 g/mol. The van der Waals surface area contributed by atoms with Gasteiger partial charge in [-0.1, -0.05) is 19.8 Å². The van der Waals surface area contributed by atoms with Crippen molar-refractivity contribution in [1.29, 1.82) is 0 Å². The van der Waals surface area contributed by atoms with Gasteiger partial charge in [-0.25, -0.2) is 0 Å². The van der Waals surface area contributed by atoms with Crippen molar-refractivity contribution in [2.45, 2.75) is 38.6 Å². The maximum atomic E-state index is 12.1. The van der Waals surface area contributed by atoms with E-state index in [0.29, 0.717) is 17.5 Å². The molecule has 18 heavy (non-hydrogen) atoms. The maximum absolute atomic E-state index is 12.1. The van der Waals surface area contributed by atoms with Gasteiger partial charge in [0.1, 0.15) is 0 Å². The minimum atomic E-state index is 0.0114. The van der Waals surface area contributed by atoms with E-state index in [1.54, 1.807) is 24.3 Å². The van der Waals surface area contributed by atoms with Gasteiger partial charge in [0.15, 0.2) is 0 Å². The first-order valence-electron chi connectivity index (χ1n) is 6.58. The van der Waals surface area contributed by atoms with E-state index in [1.165, 1.54) is 19.3 Å². The number of nitrogen functional groups attached to an aromatic ring is 1. The van der Waals surface area contributed by atoms with E-state index in [4.69, 9.17) is 5.84 Å². The van der Waals surface area contributed by atoms with Crippen LogP contribution in [0.2, 0.25) is 0 Å². The summed E-state index contributed by atoms with van der Waals surface area (Å²) in [5, 5.41) is 3.13. The fourth-order valence-electron chi connectivity index (χ4n) is 2.50. The fourth-order valence-corrected chi connectivity index (χ4v) is 2.50. The van der Waals surface area contributed by atoms with E-state index in [0.717, 1.165) is 12.1 Å². The van der Waals surface area contributed by atoms with Crippen LogP contribution in [0.4, 0.5) is 5.69 Å². The molecule has 1 aliphatic rings. The van der Waals surface area contributed by atoms with Crippen molar-refractivity contribution in [3.05, 3.63) is 29.8 Å². The molecule has 0 spiro atoms. The minimum absolute atomic E-state index is 0.0114. The molecule has 0 heterocycles. The fraction of sp³-hybridized carbons (Fsp3) is 0.500. The van der Waals surface area contributed by atoms with Gasteiger partial charge in [-0.05, 0) is 43.0 Å². The summed E-state index contributed by atoms with van der Waals surface area (Å²) in [6.07, 6.45) is 4.80. The van der Waals surface area contributed by atoms with Crippen LogP contribution < -0.4 is 16.6 Å². The molecule has 98 valence electrons. The minimum Gasteiger partial charge on any atom is -0.349 e. The summed E-state index contributed by atoms with van der Waals surface area (Å²) >= 11 is 0. The first-order chi connectivity index (χ1) is 8.70. The summed E-state index contributed by atoms with van der Waals surface area (Å²) in [5.74, 6) is 5.88. The van der Waals surface area contributed by atoms with Crippen molar-refractivity contribution in [3.8, 4) is 0 Å². The highest BCUT2D eigenvalue weighted by atomic mass is 16.1. The smallest absolute Gasteiger partial charge is 0.251 e. The Morgan fingerprint density at radius 3 is 2.50 bits per heavy atom. The molecule has 1 saturated carbocycles. The number of hydrazine groups is 1. The van der Waals surface area contributed by atoms with E-state index in [1.807, 2.05) is 0 Å². The number of benzene rings is 1. The van der Waals surface area contributed by atoms with Crippen molar-refractivity contribution in [2.24, 2.45) is 11.8 Å². The Hall–Kier alpha value is -1.55. The van der Waals surface area contributed by atoms with E-state index >= 15 is 0 Å². The van der Waals surface area contributed by atoms with Crippen LogP contribution in [0.5, 0.6) is 0 Å². The SMILES string of the molecule is CC1CCCCC1NC(=O)c1ccc(NN)cc1. The van der Waals surface area contributed by atoms with Crippen LogP contribution in [0, 0.1) is 5.92 Å². The Labute approximate surface area is 108 Å². The van der Waals surface area contributed by atoms with Crippen LogP contribution in [0.15, 0.2) is 24.3 Å². The molecule has 0 bridgehead atoms. The number of rotatable bonds is 3. The van der Waals surface area contributed by atoms with Gasteiger partial charge in [0, 0.05) is 17.3 Å². The zero-order valence-electron chi connectivity index (χ0n) is 10.8. The Bertz CT molecular complexity index is 402. The Balaban J connectivity index is 1.97. The summed E-state index contributed by atoms with van der Waals surface area (Å²) in [4.78, 5) is 12.1. The van der Waals surface area contributed by atoms with Crippen LogP contribution >= 0.6 is 0 Å². The van der Waals surface area contributed by atoms with Gasteiger partial charge in [0.05, 0.1) is 0 Å². The van der Waals surface area contributed by atoms with Gasteiger partial charge >= 0.3 is 0 Å². The molecule has 1 fully saturated rings. The summed E-state index contributed by atoms with van der Waals surface area (Å²) in [6.45, 7) is 2.21. The average Bonchev–Trinajstić information content (AvgIpc) is 2.41.